The van der Waals surface area contributed by atoms with Gasteiger partial charge in [0.1, 0.15) is 11.3 Å². The van der Waals surface area contributed by atoms with Crippen LogP contribution in [0.15, 0.2) is 51.4 Å². The molecule has 1 N–H and O–H groups in total. The number of phenols is 1. The quantitative estimate of drug-likeness (QED) is 0.649. The first kappa shape index (κ1) is 17.2. The van der Waals surface area contributed by atoms with Crippen LogP contribution in [-0.4, -0.2) is 21.3 Å². The van der Waals surface area contributed by atoms with Crippen molar-refractivity contribution < 1.29 is 19.1 Å². The van der Waals surface area contributed by atoms with E-state index < -0.39 is 12.1 Å². The van der Waals surface area contributed by atoms with Gasteiger partial charge in [0.05, 0.1) is 0 Å². The standard InChI is InChI=1S/C18H15BrN2O4/c1-10-4-3-5-12(8-10)17-21-20-16(25-17)11(2)24-18(23)14-9-13(19)6-7-15(14)22/h3-9,11,22H,1-2H3/t11-/m0/s1. The van der Waals surface area contributed by atoms with Gasteiger partial charge >= 0.3 is 5.97 Å². The SMILES string of the molecule is Cc1cccc(-c2nnc([C@H](C)OC(=O)c3cc(Br)ccc3O)o2)c1. The highest BCUT2D eigenvalue weighted by Crippen LogP contribution is 2.27. The van der Waals surface area contributed by atoms with Gasteiger partial charge in [-0.2, -0.15) is 0 Å². The first-order valence-electron chi connectivity index (χ1n) is 7.54. The average Bonchev–Trinajstić information content (AvgIpc) is 3.07. The summed E-state index contributed by atoms with van der Waals surface area (Å²) in [5, 5.41) is 17.7. The number of halogens is 1. The van der Waals surface area contributed by atoms with Gasteiger partial charge in [0, 0.05) is 10.0 Å². The minimum Gasteiger partial charge on any atom is -0.507 e. The molecule has 0 saturated carbocycles. The molecule has 3 rings (SSSR count). The van der Waals surface area contributed by atoms with E-state index in [0.717, 1.165) is 11.1 Å². The largest absolute Gasteiger partial charge is 0.507 e. The van der Waals surface area contributed by atoms with Gasteiger partial charge in [-0.1, -0.05) is 33.6 Å². The fraction of sp³-hybridized carbons (Fsp3) is 0.167. The van der Waals surface area contributed by atoms with Crippen LogP contribution in [0.25, 0.3) is 11.5 Å². The van der Waals surface area contributed by atoms with Crippen LogP contribution in [0.4, 0.5) is 0 Å². The number of benzene rings is 2. The lowest BCUT2D eigenvalue weighted by Gasteiger charge is -2.10. The van der Waals surface area contributed by atoms with Crippen LogP contribution in [0.3, 0.4) is 0 Å². The van der Waals surface area contributed by atoms with Crippen molar-refractivity contribution in [2.24, 2.45) is 0 Å². The van der Waals surface area contributed by atoms with Crippen LogP contribution >= 0.6 is 15.9 Å². The number of hydrogen-bond donors (Lipinski definition) is 1. The molecule has 0 amide bonds. The Kier molecular flexibility index (Phi) is 4.85. The van der Waals surface area contributed by atoms with Crippen molar-refractivity contribution in [1.82, 2.24) is 10.2 Å². The molecule has 0 bridgehead atoms. The van der Waals surface area contributed by atoms with E-state index in [9.17, 15) is 9.90 Å². The van der Waals surface area contributed by atoms with Crippen molar-refractivity contribution in [1.29, 1.82) is 0 Å². The molecule has 3 aromatic rings. The fourth-order valence-electron chi connectivity index (χ4n) is 2.24. The maximum atomic E-state index is 12.2. The van der Waals surface area contributed by atoms with E-state index >= 15 is 0 Å². The monoisotopic (exact) mass is 402 g/mol. The van der Waals surface area contributed by atoms with E-state index in [1.165, 1.54) is 12.1 Å². The van der Waals surface area contributed by atoms with Crippen molar-refractivity contribution in [3.8, 4) is 17.2 Å². The van der Waals surface area contributed by atoms with Crippen molar-refractivity contribution in [3.05, 3.63) is 64.0 Å². The van der Waals surface area contributed by atoms with Gasteiger partial charge in [0.15, 0.2) is 6.10 Å². The second-order valence-corrected chi connectivity index (χ2v) is 6.44. The number of rotatable bonds is 4. The summed E-state index contributed by atoms with van der Waals surface area (Å²) in [6.45, 7) is 3.59. The predicted molar refractivity (Wildman–Crippen MR) is 94.1 cm³/mol. The smallest absolute Gasteiger partial charge is 0.342 e. The Bertz CT molecular complexity index is 923. The zero-order valence-corrected chi connectivity index (χ0v) is 15.1. The highest BCUT2D eigenvalue weighted by atomic mass is 79.9. The van der Waals surface area contributed by atoms with Crippen molar-refractivity contribution >= 4 is 21.9 Å². The topological polar surface area (TPSA) is 85.5 Å². The minimum absolute atomic E-state index is 0.0552. The normalized spacial score (nSPS) is 12.0. The predicted octanol–water partition coefficient (Wildman–Crippen LogP) is 4.43. The summed E-state index contributed by atoms with van der Waals surface area (Å²) in [5.41, 5.74) is 1.92. The summed E-state index contributed by atoms with van der Waals surface area (Å²) in [7, 11) is 0. The molecule has 128 valence electrons. The third kappa shape index (κ3) is 3.88. The van der Waals surface area contributed by atoms with E-state index in [-0.39, 0.29) is 17.2 Å². The number of carbonyl (C=O) groups is 1. The highest BCUT2D eigenvalue weighted by molar-refractivity contribution is 9.10. The van der Waals surface area contributed by atoms with Crippen LogP contribution < -0.4 is 0 Å². The lowest BCUT2D eigenvalue weighted by Crippen LogP contribution is -2.10. The molecule has 25 heavy (non-hydrogen) atoms. The summed E-state index contributed by atoms with van der Waals surface area (Å²) >= 11 is 3.25. The summed E-state index contributed by atoms with van der Waals surface area (Å²) in [6, 6.07) is 12.2. The molecule has 0 fully saturated rings. The van der Waals surface area contributed by atoms with Crippen LogP contribution in [0.2, 0.25) is 0 Å². The van der Waals surface area contributed by atoms with Gasteiger partial charge in [-0.3, -0.25) is 0 Å². The molecule has 0 aliphatic rings. The summed E-state index contributed by atoms with van der Waals surface area (Å²) in [5.74, 6) is -0.306. The lowest BCUT2D eigenvalue weighted by molar-refractivity contribution is 0.0276. The number of aromatic hydroxyl groups is 1. The summed E-state index contributed by atoms with van der Waals surface area (Å²) in [4.78, 5) is 12.2. The molecule has 0 unspecified atom stereocenters. The number of esters is 1. The molecule has 7 heteroatoms. The molecular weight excluding hydrogens is 388 g/mol. The Morgan fingerprint density at radius 3 is 2.80 bits per heavy atom. The number of hydrogen-bond acceptors (Lipinski definition) is 6. The molecule has 1 atom stereocenters. The maximum Gasteiger partial charge on any atom is 0.342 e. The Morgan fingerprint density at radius 1 is 1.24 bits per heavy atom. The van der Waals surface area contributed by atoms with Gasteiger partial charge in [-0.05, 0) is 44.2 Å². The Hall–Kier alpha value is -2.67. The molecule has 0 saturated heterocycles. The molecule has 0 spiro atoms. The van der Waals surface area contributed by atoms with Gasteiger partial charge in [0.25, 0.3) is 5.89 Å². The van der Waals surface area contributed by atoms with Crippen LogP contribution in [0.1, 0.15) is 34.8 Å². The number of phenolic OH excluding ortho intramolecular Hbond substituents is 1. The van der Waals surface area contributed by atoms with Crippen molar-refractivity contribution in [2.45, 2.75) is 20.0 Å². The first-order chi connectivity index (χ1) is 11.9. The van der Waals surface area contributed by atoms with Crippen LogP contribution in [0.5, 0.6) is 5.75 Å². The van der Waals surface area contributed by atoms with E-state index in [2.05, 4.69) is 26.1 Å². The third-order valence-electron chi connectivity index (χ3n) is 3.52. The molecule has 1 aromatic heterocycles. The van der Waals surface area contributed by atoms with Gasteiger partial charge < -0.3 is 14.3 Å². The van der Waals surface area contributed by atoms with Crippen LogP contribution in [-0.2, 0) is 4.74 Å². The van der Waals surface area contributed by atoms with Gasteiger partial charge in [-0.15, -0.1) is 10.2 Å². The number of nitrogens with zero attached hydrogens (tertiary/aromatic N) is 2. The molecule has 0 aliphatic carbocycles. The molecular formula is C18H15BrN2O4. The zero-order valence-electron chi connectivity index (χ0n) is 13.6. The second kappa shape index (κ2) is 7.06. The Balaban J connectivity index is 1.77. The van der Waals surface area contributed by atoms with Gasteiger partial charge in [0.2, 0.25) is 5.89 Å². The third-order valence-corrected chi connectivity index (χ3v) is 4.01. The lowest BCUT2D eigenvalue weighted by atomic mass is 10.1. The van der Waals surface area contributed by atoms with Crippen LogP contribution in [0, 0.1) is 6.92 Å². The first-order valence-corrected chi connectivity index (χ1v) is 8.33. The number of aromatic nitrogens is 2. The number of carbonyl (C=O) groups excluding carboxylic acids is 1. The van der Waals surface area contributed by atoms with E-state index in [4.69, 9.17) is 9.15 Å². The van der Waals surface area contributed by atoms with Crippen molar-refractivity contribution in [2.75, 3.05) is 0 Å². The minimum atomic E-state index is -0.753. The molecule has 0 aliphatic heterocycles. The highest BCUT2D eigenvalue weighted by Gasteiger charge is 2.22. The number of aryl methyl sites for hydroxylation is 1. The molecule has 1 heterocycles. The molecule has 0 radical (unpaired) electrons. The Labute approximate surface area is 152 Å². The van der Waals surface area contributed by atoms with E-state index in [1.807, 2.05) is 31.2 Å². The second-order valence-electron chi connectivity index (χ2n) is 5.52. The zero-order chi connectivity index (χ0) is 18.0. The summed E-state index contributed by atoms with van der Waals surface area (Å²) in [6.07, 6.45) is -0.753. The van der Waals surface area contributed by atoms with Crippen molar-refractivity contribution in [3.63, 3.8) is 0 Å². The summed E-state index contributed by atoms with van der Waals surface area (Å²) < 4.78 is 11.6. The Morgan fingerprint density at radius 2 is 2.04 bits per heavy atom. The van der Waals surface area contributed by atoms with Gasteiger partial charge in [-0.25, -0.2) is 4.79 Å². The molecule has 2 aromatic carbocycles. The van der Waals surface area contributed by atoms with E-state index in [0.29, 0.717) is 10.4 Å². The average molecular weight is 403 g/mol. The number of ether oxygens (including phenoxy) is 1. The maximum absolute atomic E-state index is 12.2. The fourth-order valence-corrected chi connectivity index (χ4v) is 2.60. The molecule has 6 nitrogen and oxygen atoms in total. The van der Waals surface area contributed by atoms with E-state index in [1.54, 1.807) is 13.0 Å².